The molecule has 214 valence electrons. The first-order valence-electron chi connectivity index (χ1n) is 14.8. The summed E-state index contributed by atoms with van der Waals surface area (Å²) in [5, 5.41) is 2.14. The Labute approximate surface area is 243 Å². The summed E-state index contributed by atoms with van der Waals surface area (Å²) >= 11 is 0. The van der Waals surface area contributed by atoms with Crippen LogP contribution in [0, 0.1) is 0 Å². The fourth-order valence-electron chi connectivity index (χ4n) is 5.05. The summed E-state index contributed by atoms with van der Waals surface area (Å²) in [5.74, 6) is 1.97. The Balaban J connectivity index is 1.83. The molecule has 4 rings (SSSR count). The highest BCUT2D eigenvalue weighted by Crippen LogP contribution is 2.51. The highest BCUT2D eigenvalue weighted by molar-refractivity contribution is 7.56. The molecule has 0 amide bonds. The zero-order valence-electron chi connectivity index (χ0n) is 24.5. The molecule has 3 unspecified atom stereocenters. The van der Waals surface area contributed by atoms with Gasteiger partial charge >= 0.3 is 0 Å². The van der Waals surface area contributed by atoms with Crippen LogP contribution in [0.5, 0.6) is 11.5 Å². The molecule has 3 aromatic rings. The number of aryl methyl sites for hydroxylation is 1. The molecule has 4 nitrogen and oxygen atoms in total. The lowest BCUT2D eigenvalue weighted by atomic mass is 9.84. The van der Waals surface area contributed by atoms with Crippen LogP contribution >= 0.6 is 16.8 Å². The van der Waals surface area contributed by atoms with Crippen molar-refractivity contribution in [1.29, 1.82) is 0 Å². The second kappa shape index (κ2) is 16.3. The van der Waals surface area contributed by atoms with Gasteiger partial charge in [0.2, 0.25) is 0 Å². The normalized spacial score (nSPS) is 16.7. The number of hydrogen-bond donors (Lipinski definition) is 0. The molecule has 3 aromatic carbocycles. The first-order valence-corrected chi connectivity index (χ1v) is 17.1. The highest BCUT2D eigenvalue weighted by atomic mass is 31.2. The fraction of sp³-hybridized carbons (Fsp3) is 0.412. The van der Waals surface area contributed by atoms with Crippen LogP contribution in [0.3, 0.4) is 0 Å². The van der Waals surface area contributed by atoms with Gasteiger partial charge in [-0.25, -0.2) is 0 Å². The Morgan fingerprint density at radius 2 is 1.30 bits per heavy atom. The van der Waals surface area contributed by atoms with E-state index in [9.17, 15) is 0 Å². The maximum Gasteiger partial charge on any atom is 0.265 e. The summed E-state index contributed by atoms with van der Waals surface area (Å²) in [7, 11) is -2.59. The van der Waals surface area contributed by atoms with E-state index in [0.717, 1.165) is 59.8 Å². The first-order chi connectivity index (χ1) is 19.6. The van der Waals surface area contributed by atoms with Crippen LogP contribution in [-0.4, -0.2) is 13.2 Å². The average molecular weight is 579 g/mol. The van der Waals surface area contributed by atoms with Gasteiger partial charge in [-0.15, -0.1) is 0 Å². The second-order valence-electron chi connectivity index (χ2n) is 10.2. The Hall–Kier alpha value is -2.22. The van der Waals surface area contributed by atoms with Crippen LogP contribution in [0.4, 0.5) is 0 Å². The van der Waals surface area contributed by atoms with Gasteiger partial charge in [0.15, 0.2) is 0 Å². The van der Waals surface area contributed by atoms with E-state index in [2.05, 4.69) is 56.3 Å². The Morgan fingerprint density at radius 3 is 1.77 bits per heavy atom. The SMILES string of the molecule is CCCCCc1cc(OP(OCC)c2ccccc2)c(C2C=C(C)CCC2)c(OP(OCC)c2ccccc2)c1. The van der Waals surface area contributed by atoms with E-state index in [-0.39, 0.29) is 5.92 Å². The summed E-state index contributed by atoms with van der Waals surface area (Å²) in [4.78, 5) is 0. The summed E-state index contributed by atoms with van der Waals surface area (Å²) in [6.07, 6.45) is 10.3. The van der Waals surface area contributed by atoms with Gasteiger partial charge < -0.3 is 18.1 Å². The average Bonchev–Trinajstić information content (AvgIpc) is 2.98. The second-order valence-corrected chi connectivity index (χ2v) is 13.1. The van der Waals surface area contributed by atoms with Crippen molar-refractivity contribution in [3.05, 3.63) is 95.6 Å². The molecule has 3 atom stereocenters. The molecule has 0 aromatic heterocycles. The standard InChI is InChI=1S/C34H44O4P2/c1-5-8-11-18-28-25-32(37-39(35-6-2)30-20-12-9-13-21-30)34(29-19-16-17-27(4)24-29)33(26-28)38-40(36-7-3)31-22-14-10-15-23-31/h9-10,12-15,20-26,29H,5-8,11,16-19H2,1-4H3. The van der Waals surface area contributed by atoms with E-state index in [0.29, 0.717) is 13.2 Å². The Morgan fingerprint density at radius 1 is 0.750 bits per heavy atom. The van der Waals surface area contributed by atoms with Gasteiger partial charge in [0.1, 0.15) is 11.5 Å². The molecule has 1 aliphatic rings. The first kappa shape index (κ1) is 30.7. The van der Waals surface area contributed by atoms with Crippen LogP contribution in [0.15, 0.2) is 84.4 Å². The molecule has 0 aliphatic heterocycles. The quantitative estimate of drug-likeness (QED) is 0.102. The van der Waals surface area contributed by atoms with Gasteiger partial charge in [-0.2, -0.15) is 0 Å². The zero-order valence-corrected chi connectivity index (χ0v) is 26.3. The van der Waals surface area contributed by atoms with E-state index in [4.69, 9.17) is 18.1 Å². The largest absolute Gasteiger partial charge is 0.443 e. The zero-order chi connectivity index (χ0) is 28.2. The molecule has 0 heterocycles. The molecular weight excluding hydrogens is 534 g/mol. The third-order valence-corrected chi connectivity index (χ3v) is 10.1. The smallest absolute Gasteiger partial charge is 0.265 e. The maximum atomic E-state index is 6.90. The lowest BCUT2D eigenvalue weighted by Gasteiger charge is -2.28. The number of rotatable bonds is 15. The predicted octanol–water partition coefficient (Wildman–Crippen LogP) is 9.74. The number of benzene rings is 3. The van der Waals surface area contributed by atoms with E-state index in [1.165, 1.54) is 24.0 Å². The van der Waals surface area contributed by atoms with Crippen molar-refractivity contribution >= 4 is 27.4 Å². The van der Waals surface area contributed by atoms with E-state index >= 15 is 0 Å². The van der Waals surface area contributed by atoms with Crippen LogP contribution in [0.2, 0.25) is 0 Å². The molecule has 6 heteroatoms. The van der Waals surface area contributed by atoms with Crippen molar-refractivity contribution in [1.82, 2.24) is 0 Å². The third-order valence-electron chi connectivity index (χ3n) is 6.96. The third kappa shape index (κ3) is 8.64. The minimum Gasteiger partial charge on any atom is -0.443 e. The summed E-state index contributed by atoms with van der Waals surface area (Å²) in [6.45, 7) is 9.71. The number of hydrogen-bond acceptors (Lipinski definition) is 4. The number of unbranched alkanes of at least 4 members (excludes halogenated alkanes) is 2. The molecule has 0 saturated carbocycles. The van der Waals surface area contributed by atoms with E-state index < -0.39 is 16.8 Å². The molecule has 40 heavy (non-hydrogen) atoms. The topological polar surface area (TPSA) is 36.9 Å². The van der Waals surface area contributed by atoms with Crippen molar-refractivity contribution in [2.75, 3.05) is 13.2 Å². The summed E-state index contributed by atoms with van der Waals surface area (Å²) < 4.78 is 26.2. The van der Waals surface area contributed by atoms with Crippen molar-refractivity contribution in [2.24, 2.45) is 0 Å². The van der Waals surface area contributed by atoms with Crippen molar-refractivity contribution < 1.29 is 18.1 Å². The molecule has 1 aliphatic carbocycles. The monoisotopic (exact) mass is 578 g/mol. The molecule has 0 spiro atoms. The minimum atomic E-state index is -1.29. The summed E-state index contributed by atoms with van der Waals surface area (Å²) in [6, 6.07) is 25.1. The highest BCUT2D eigenvalue weighted by Gasteiger charge is 2.28. The van der Waals surface area contributed by atoms with Gasteiger partial charge in [0, 0.05) is 22.1 Å². The lowest BCUT2D eigenvalue weighted by molar-refractivity contribution is 0.336. The van der Waals surface area contributed by atoms with E-state index in [1.54, 1.807) is 0 Å². The van der Waals surface area contributed by atoms with Crippen molar-refractivity contribution in [3.63, 3.8) is 0 Å². The molecule has 0 fully saturated rings. The lowest BCUT2D eigenvalue weighted by Crippen LogP contribution is -2.13. The molecular formula is C34H44O4P2. The molecule has 0 radical (unpaired) electrons. The minimum absolute atomic E-state index is 0.215. The van der Waals surface area contributed by atoms with Gasteiger partial charge in [0.25, 0.3) is 16.8 Å². The van der Waals surface area contributed by atoms with Gasteiger partial charge in [-0.1, -0.05) is 67.8 Å². The Bertz CT molecular complexity index is 1130. The maximum absolute atomic E-state index is 6.90. The van der Waals surface area contributed by atoms with Crippen LogP contribution in [0.25, 0.3) is 0 Å². The van der Waals surface area contributed by atoms with Crippen LogP contribution < -0.4 is 19.7 Å². The van der Waals surface area contributed by atoms with Crippen LogP contribution in [0.1, 0.15) is 83.3 Å². The molecule has 0 N–H and O–H groups in total. The Kier molecular flexibility index (Phi) is 12.5. The predicted molar refractivity (Wildman–Crippen MR) is 171 cm³/mol. The van der Waals surface area contributed by atoms with Crippen molar-refractivity contribution in [2.45, 2.75) is 78.6 Å². The fourth-order valence-corrected chi connectivity index (χ4v) is 7.63. The van der Waals surface area contributed by atoms with E-state index in [1.807, 2.05) is 50.2 Å². The number of allylic oxidation sites excluding steroid dienone is 2. The van der Waals surface area contributed by atoms with Gasteiger partial charge in [-0.3, -0.25) is 0 Å². The molecule has 0 saturated heterocycles. The van der Waals surface area contributed by atoms with Gasteiger partial charge in [-0.05, 0) is 94.8 Å². The summed E-state index contributed by atoms with van der Waals surface area (Å²) in [5.41, 5.74) is 3.77. The van der Waals surface area contributed by atoms with Crippen molar-refractivity contribution in [3.8, 4) is 11.5 Å². The van der Waals surface area contributed by atoms with Gasteiger partial charge in [0.05, 0.1) is 13.2 Å². The molecule has 0 bridgehead atoms. The van der Waals surface area contributed by atoms with Crippen LogP contribution in [-0.2, 0) is 15.5 Å².